The van der Waals surface area contributed by atoms with Crippen LogP contribution in [0.15, 0.2) is 72.8 Å². The number of rotatable bonds is 6. The fourth-order valence-corrected chi connectivity index (χ4v) is 6.30. The number of benzene rings is 4. The van der Waals surface area contributed by atoms with Gasteiger partial charge in [0.1, 0.15) is 6.10 Å². The summed E-state index contributed by atoms with van der Waals surface area (Å²) in [4.78, 5) is 31.1. The highest BCUT2D eigenvalue weighted by atomic mass is 16.7. The van der Waals surface area contributed by atoms with Crippen LogP contribution in [0.2, 0.25) is 0 Å². The standard InChI is InChI=1S/C34H32N4O4/c1-19-23(9-6-10-29(19)38-17-20-7-4-5-8-24(20)33(38)40)25-13-14-27(32(35)39)31-30(25)26-12-11-21(15-28(26)37-31)36-16-22-18-41-34(2,3)42-22/h4-15,22,36-37H,16-18H2,1-3H3,(H2,35,39)/t22-/m0/s1. The highest BCUT2D eigenvalue weighted by molar-refractivity contribution is 6.20. The molecule has 2 amide bonds. The number of hydrogen-bond donors (Lipinski definition) is 3. The third kappa shape index (κ3) is 4.31. The minimum atomic E-state index is -0.573. The van der Waals surface area contributed by atoms with Gasteiger partial charge in [-0.3, -0.25) is 9.59 Å². The number of primary amides is 1. The maximum atomic E-state index is 13.3. The van der Waals surface area contributed by atoms with E-state index in [9.17, 15) is 9.59 Å². The number of nitrogens with zero attached hydrogens (tertiary/aromatic N) is 1. The van der Waals surface area contributed by atoms with E-state index in [1.54, 1.807) is 6.07 Å². The van der Waals surface area contributed by atoms with Crippen molar-refractivity contribution in [2.75, 3.05) is 23.4 Å². The first kappa shape index (κ1) is 26.3. The van der Waals surface area contributed by atoms with Gasteiger partial charge in [-0.05, 0) is 73.4 Å². The summed E-state index contributed by atoms with van der Waals surface area (Å²) in [5.74, 6) is -1.06. The van der Waals surface area contributed by atoms with Gasteiger partial charge in [-0.2, -0.15) is 0 Å². The van der Waals surface area contributed by atoms with E-state index < -0.39 is 11.7 Å². The summed E-state index contributed by atoms with van der Waals surface area (Å²) in [6, 6.07) is 23.6. The summed E-state index contributed by atoms with van der Waals surface area (Å²) in [5.41, 5.74) is 14.3. The van der Waals surface area contributed by atoms with Crippen molar-refractivity contribution in [1.29, 1.82) is 0 Å². The minimum Gasteiger partial charge on any atom is -0.382 e. The predicted molar refractivity (Wildman–Crippen MR) is 165 cm³/mol. The molecule has 2 aliphatic rings. The Labute approximate surface area is 243 Å². The molecule has 212 valence electrons. The van der Waals surface area contributed by atoms with Crippen molar-refractivity contribution >= 4 is 45.0 Å². The van der Waals surface area contributed by atoms with Crippen molar-refractivity contribution in [3.8, 4) is 11.1 Å². The van der Waals surface area contributed by atoms with E-state index in [0.717, 1.165) is 55.5 Å². The highest BCUT2D eigenvalue weighted by Crippen LogP contribution is 2.41. The topological polar surface area (TPSA) is 110 Å². The average Bonchev–Trinajstić information content (AvgIpc) is 3.63. The number of carbonyl (C=O) groups is 2. The summed E-state index contributed by atoms with van der Waals surface area (Å²) in [6.45, 7) is 7.55. The second-order valence-electron chi connectivity index (χ2n) is 11.5. The fraction of sp³-hybridized carbons (Fsp3) is 0.235. The van der Waals surface area contributed by atoms with Crippen LogP contribution < -0.4 is 16.0 Å². The van der Waals surface area contributed by atoms with Gasteiger partial charge in [0, 0.05) is 39.8 Å². The van der Waals surface area contributed by atoms with Crippen LogP contribution in [0.3, 0.4) is 0 Å². The Morgan fingerprint density at radius 2 is 1.86 bits per heavy atom. The summed E-state index contributed by atoms with van der Waals surface area (Å²) in [5, 5.41) is 5.34. The van der Waals surface area contributed by atoms with Crippen molar-refractivity contribution in [1.82, 2.24) is 4.98 Å². The number of amides is 2. The highest BCUT2D eigenvalue weighted by Gasteiger charge is 2.32. The Hall–Kier alpha value is -4.66. The Kier molecular flexibility index (Phi) is 6.07. The molecular weight excluding hydrogens is 528 g/mol. The second kappa shape index (κ2) is 9.72. The van der Waals surface area contributed by atoms with Crippen molar-refractivity contribution in [3.63, 3.8) is 0 Å². The molecule has 4 N–H and O–H groups in total. The Morgan fingerprint density at radius 3 is 2.62 bits per heavy atom. The zero-order valence-corrected chi connectivity index (χ0v) is 23.8. The Bertz CT molecular complexity index is 1910. The van der Waals surface area contributed by atoms with Crippen LogP contribution in [0.1, 0.15) is 45.7 Å². The molecule has 3 heterocycles. The molecule has 2 aliphatic heterocycles. The van der Waals surface area contributed by atoms with E-state index in [1.165, 1.54) is 0 Å². The van der Waals surface area contributed by atoms with E-state index in [0.29, 0.717) is 30.8 Å². The van der Waals surface area contributed by atoms with Crippen LogP contribution in [-0.2, 0) is 16.0 Å². The largest absolute Gasteiger partial charge is 0.382 e. The number of nitrogens with two attached hydrogens (primary N) is 1. The van der Waals surface area contributed by atoms with Crippen LogP contribution in [0.25, 0.3) is 32.9 Å². The molecule has 42 heavy (non-hydrogen) atoms. The van der Waals surface area contributed by atoms with Crippen LogP contribution in [0, 0.1) is 6.92 Å². The van der Waals surface area contributed by atoms with Crippen LogP contribution in [0.5, 0.6) is 0 Å². The average molecular weight is 561 g/mol. The number of carbonyl (C=O) groups excluding carboxylic acids is 2. The van der Waals surface area contributed by atoms with E-state index in [2.05, 4.69) is 22.4 Å². The maximum absolute atomic E-state index is 13.3. The lowest BCUT2D eigenvalue weighted by atomic mass is 9.93. The van der Waals surface area contributed by atoms with Gasteiger partial charge < -0.3 is 30.4 Å². The van der Waals surface area contributed by atoms with Crippen molar-refractivity contribution in [2.45, 2.75) is 39.2 Å². The Morgan fingerprint density at radius 1 is 1.05 bits per heavy atom. The minimum absolute atomic E-state index is 0.00493. The van der Waals surface area contributed by atoms with Crippen LogP contribution in [0.4, 0.5) is 11.4 Å². The molecule has 5 aromatic rings. The lowest BCUT2D eigenvalue weighted by Crippen LogP contribution is -2.25. The molecule has 0 bridgehead atoms. The molecule has 0 saturated carbocycles. The fourth-order valence-electron chi connectivity index (χ4n) is 6.30. The van der Waals surface area contributed by atoms with E-state index >= 15 is 0 Å². The second-order valence-corrected chi connectivity index (χ2v) is 11.5. The van der Waals surface area contributed by atoms with Crippen molar-refractivity contribution in [2.24, 2.45) is 5.73 Å². The van der Waals surface area contributed by atoms with Gasteiger partial charge >= 0.3 is 0 Å². The maximum Gasteiger partial charge on any atom is 0.258 e. The summed E-state index contributed by atoms with van der Waals surface area (Å²) in [7, 11) is 0. The van der Waals surface area contributed by atoms with Gasteiger partial charge in [-0.1, -0.05) is 42.5 Å². The molecule has 0 aliphatic carbocycles. The first-order valence-corrected chi connectivity index (χ1v) is 14.1. The van der Waals surface area contributed by atoms with Crippen molar-refractivity contribution in [3.05, 3.63) is 95.1 Å². The zero-order valence-electron chi connectivity index (χ0n) is 23.8. The molecule has 1 aromatic heterocycles. The van der Waals surface area contributed by atoms with Gasteiger partial charge in [-0.15, -0.1) is 0 Å². The third-order valence-electron chi connectivity index (χ3n) is 8.33. The molecular formula is C34H32N4O4. The Balaban J connectivity index is 1.30. The SMILES string of the molecule is Cc1c(-c2ccc(C(N)=O)c3[nH]c4cc(NC[C@H]5COC(C)(C)O5)ccc4c23)cccc1N1Cc2ccccc2C1=O. The van der Waals surface area contributed by atoms with Crippen LogP contribution >= 0.6 is 0 Å². The van der Waals surface area contributed by atoms with E-state index in [1.807, 2.05) is 80.3 Å². The van der Waals surface area contributed by atoms with Crippen LogP contribution in [-0.4, -0.2) is 41.8 Å². The monoisotopic (exact) mass is 560 g/mol. The van der Waals surface area contributed by atoms with Gasteiger partial charge in [0.2, 0.25) is 0 Å². The van der Waals surface area contributed by atoms with Crippen molar-refractivity contribution < 1.29 is 19.1 Å². The number of H-pyrrole nitrogens is 1. The molecule has 0 radical (unpaired) electrons. The lowest BCUT2D eigenvalue weighted by molar-refractivity contribution is -0.136. The van der Waals surface area contributed by atoms with Gasteiger partial charge in [0.15, 0.2) is 5.79 Å². The number of aromatic amines is 1. The number of ether oxygens (including phenoxy) is 2. The molecule has 1 saturated heterocycles. The molecule has 1 fully saturated rings. The first-order valence-electron chi connectivity index (χ1n) is 14.1. The van der Waals surface area contributed by atoms with Gasteiger partial charge in [0.05, 0.1) is 24.2 Å². The predicted octanol–water partition coefficient (Wildman–Crippen LogP) is 6.12. The molecule has 8 heteroatoms. The third-order valence-corrected chi connectivity index (χ3v) is 8.33. The molecule has 8 nitrogen and oxygen atoms in total. The van der Waals surface area contributed by atoms with Gasteiger partial charge in [-0.25, -0.2) is 0 Å². The van der Waals surface area contributed by atoms with E-state index in [4.69, 9.17) is 15.2 Å². The summed E-state index contributed by atoms with van der Waals surface area (Å²) in [6.07, 6.45) is -0.0444. The molecule has 7 rings (SSSR count). The smallest absolute Gasteiger partial charge is 0.258 e. The number of fused-ring (bicyclic) bond motifs is 4. The van der Waals surface area contributed by atoms with E-state index in [-0.39, 0.29) is 12.0 Å². The summed E-state index contributed by atoms with van der Waals surface area (Å²) >= 11 is 0. The quantitative estimate of drug-likeness (QED) is 0.232. The molecule has 0 spiro atoms. The first-order chi connectivity index (χ1) is 20.2. The van der Waals surface area contributed by atoms with Gasteiger partial charge in [0.25, 0.3) is 11.8 Å². The lowest BCUT2D eigenvalue weighted by Gasteiger charge is -2.21. The molecule has 0 unspecified atom stereocenters. The normalized spacial score (nSPS) is 17.7. The zero-order chi connectivity index (χ0) is 29.2. The molecule has 1 atom stereocenters. The number of nitrogens with one attached hydrogen (secondary N) is 2. The summed E-state index contributed by atoms with van der Waals surface area (Å²) < 4.78 is 11.6. The molecule has 4 aromatic carbocycles. The number of hydrogen-bond acceptors (Lipinski definition) is 5. The number of anilines is 2. The number of aromatic nitrogens is 1.